The largest absolute Gasteiger partial charge is 0.271 e. The highest BCUT2D eigenvalue weighted by Crippen LogP contribution is 2.37. The lowest BCUT2D eigenvalue weighted by molar-refractivity contribution is -0.113. The molecular weight excluding hydrogens is 381 g/mol. The highest BCUT2D eigenvalue weighted by Gasteiger charge is 2.34. The van der Waals surface area contributed by atoms with Gasteiger partial charge in [0.2, 0.25) is 5.13 Å². The molecule has 134 valence electrons. The van der Waals surface area contributed by atoms with Gasteiger partial charge in [0.25, 0.3) is 5.91 Å². The predicted molar refractivity (Wildman–Crippen MR) is 110 cm³/mol. The first-order valence-electron chi connectivity index (χ1n) is 8.15. The lowest BCUT2D eigenvalue weighted by Gasteiger charge is -2.14. The van der Waals surface area contributed by atoms with Crippen LogP contribution in [0.4, 0.5) is 15.2 Å². The zero-order chi connectivity index (χ0) is 18.8. The summed E-state index contributed by atoms with van der Waals surface area (Å²) in [6.45, 7) is 1.90. The van der Waals surface area contributed by atoms with Crippen LogP contribution < -0.4 is 4.90 Å². The highest BCUT2D eigenvalue weighted by molar-refractivity contribution is 8.19. The third kappa shape index (κ3) is 3.84. The van der Waals surface area contributed by atoms with Crippen molar-refractivity contribution in [2.45, 2.75) is 6.92 Å². The molecule has 2 aromatic carbocycles. The van der Waals surface area contributed by atoms with Gasteiger partial charge in [-0.25, -0.2) is 9.37 Å². The molecule has 1 saturated heterocycles. The fourth-order valence-electron chi connectivity index (χ4n) is 2.54. The Morgan fingerprint density at radius 2 is 1.85 bits per heavy atom. The highest BCUT2D eigenvalue weighted by atomic mass is 32.2. The van der Waals surface area contributed by atoms with E-state index < -0.39 is 0 Å². The molecule has 0 spiro atoms. The van der Waals surface area contributed by atoms with Crippen molar-refractivity contribution in [1.82, 2.24) is 4.98 Å². The fourth-order valence-corrected chi connectivity index (χ4v) is 4.24. The van der Waals surface area contributed by atoms with E-state index in [0.717, 1.165) is 16.9 Å². The second-order valence-electron chi connectivity index (χ2n) is 5.80. The number of amidine groups is 1. The molecule has 4 rings (SSSR count). The van der Waals surface area contributed by atoms with E-state index in [9.17, 15) is 9.18 Å². The molecule has 3 aromatic rings. The summed E-state index contributed by atoms with van der Waals surface area (Å²) in [5.41, 5.74) is 2.39. The van der Waals surface area contributed by atoms with E-state index in [1.165, 1.54) is 35.2 Å². The number of para-hydroxylation sites is 1. The van der Waals surface area contributed by atoms with E-state index in [1.807, 2.05) is 42.6 Å². The van der Waals surface area contributed by atoms with Crippen LogP contribution in [0.1, 0.15) is 11.3 Å². The molecule has 7 heteroatoms. The zero-order valence-corrected chi connectivity index (χ0v) is 15.9. The SMILES string of the molecule is Cc1csc(/N=C2/S/C(=C\c3ccc(F)cc3)C(=O)N2c2ccccc2)n1. The van der Waals surface area contributed by atoms with E-state index >= 15 is 0 Å². The van der Waals surface area contributed by atoms with Crippen LogP contribution in [0.15, 0.2) is 69.9 Å². The van der Waals surface area contributed by atoms with E-state index in [-0.39, 0.29) is 11.7 Å². The third-order valence-corrected chi connectivity index (χ3v) is 5.61. The van der Waals surface area contributed by atoms with Crippen molar-refractivity contribution in [3.63, 3.8) is 0 Å². The number of amides is 1. The monoisotopic (exact) mass is 395 g/mol. The van der Waals surface area contributed by atoms with Gasteiger partial charge in [0.15, 0.2) is 5.17 Å². The molecule has 0 atom stereocenters. The number of anilines is 1. The van der Waals surface area contributed by atoms with Gasteiger partial charge < -0.3 is 0 Å². The summed E-state index contributed by atoms with van der Waals surface area (Å²) in [5, 5.41) is 3.07. The van der Waals surface area contributed by atoms with Crippen molar-refractivity contribution in [3.05, 3.63) is 82.0 Å². The number of aryl methyl sites for hydroxylation is 1. The standard InChI is InChI=1S/C20H14FN3OS2/c1-13-12-26-19(22-13)23-20-24(16-5-3-2-4-6-16)18(25)17(27-20)11-14-7-9-15(21)10-8-14/h2-12H,1H3/b17-11-,23-20+. The number of thiazole rings is 1. The van der Waals surface area contributed by atoms with Crippen LogP contribution in [-0.4, -0.2) is 16.1 Å². The van der Waals surface area contributed by atoms with Gasteiger partial charge in [-0.2, -0.15) is 4.99 Å². The maximum atomic E-state index is 13.1. The first-order chi connectivity index (χ1) is 13.1. The summed E-state index contributed by atoms with van der Waals surface area (Å²) in [4.78, 5) is 24.1. The minimum Gasteiger partial charge on any atom is -0.268 e. The number of carbonyl (C=O) groups excluding carboxylic acids is 1. The maximum absolute atomic E-state index is 13.1. The van der Waals surface area contributed by atoms with Crippen LogP contribution >= 0.6 is 23.1 Å². The van der Waals surface area contributed by atoms with Gasteiger partial charge in [-0.1, -0.05) is 30.3 Å². The lowest BCUT2D eigenvalue weighted by Crippen LogP contribution is -2.28. The van der Waals surface area contributed by atoms with Gasteiger partial charge >= 0.3 is 0 Å². The lowest BCUT2D eigenvalue weighted by atomic mass is 10.2. The predicted octanol–water partition coefficient (Wildman–Crippen LogP) is 5.40. The molecule has 1 amide bonds. The Hall–Kier alpha value is -2.77. The first kappa shape index (κ1) is 17.6. The maximum Gasteiger partial charge on any atom is 0.271 e. The number of nitrogens with zero attached hydrogens (tertiary/aromatic N) is 3. The summed E-state index contributed by atoms with van der Waals surface area (Å²) in [7, 11) is 0. The van der Waals surface area contributed by atoms with Crippen LogP contribution in [0.5, 0.6) is 0 Å². The number of hydrogen-bond donors (Lipinski definition) is 0. The average molecular weight is 395 g/mol. The van der Waals surface area contributed by atoms with Gasteiger partial charge in [0.05, 0.1) is 16.3 Å². The van der Waals surface area contributed by atoms with Gasteiger partial charge in [0, 0.05) is 5.38 Å². The Balaban J connectivity index is 1.75. The van der Waals surface area contributed by atoms with E-state index in [4.69, 9.17) is 0 Å². The van der Waals surface area contributed by atoms with Crippen LogP contribution in [0, 0.1) is 12.7 Å². The summed E-state index contributed by atoms with van der Waals surface area (Å²) in [6.07, 6.45) is 1.75. The van der Waals surface area contributed by atoms with E-state index in [1.54, 1.807) is 23.1 Å². The summed E-state index contributed by atoms with van der Waals surface area (Å²) < 4.78 is 13.1. The average Bonchev–Trinajstić information content (AvgIpc) is 3.21. The summed E-state index contributed by atoms with van der Waals surface area (Å²) in [6, 6.07) is 15.4. The molecule has 1 aromatic heterocycles. The molecule has 1 aliphatic rings. The van der Waals surface area contributed by atoms with Crippen LogP contribution in [0.3, 0.4) is 0 Å². The van der Waals surface area contributed by atoms with Crippen molar-refractivity contribution < 1.29 is 9.18 Å². The molecule has 1 aliphatic heterocycles. The van der Waals surface area contributed by atoms with Gasteiger partial charge in [0.1, 0.15) is 5.82 Å². The number of rotatable bonds is 3. The Bertz CT molecular complexity index is 1040. The fraction of sp³-hybridized carbons (Fsp3) is 0.0500. The minimum atomic E-state index is -0.310. The van der Waals surface area contributed by atoms with Crippen molar-refractivity contribution in [1.29, 1.82) is 0 Å². The molecule has 0 N–H and O–H groups in total. The van der Waals surface area contributed by atoms with Crippen LogP contribution in [0.25, 0.3) is 6.08 Å². The first-order valence-corrected chi connectivity index (χ1v) is 9.85. The van der Waals surface area contributed by atoms with Gasteiger partial charge in [-0.3, -0.25) is 9.69 Å². The molecule has 4 nitrogen and oxygen atoms in total. The Morgan fingerprint density at radius 1 is 1.11 bits per heavy atom. The molecule has 0 radical (unpaired) electrons. The van der Waals surface area contributed by atoms with Crippen molar-refractivity contribution in [3.8, 4) is 0 Å². The molecule has 0 unspecified atom stereocenters. The van der Waals surface area contributed by atoms with E-state index in [2.05, 4.69) is 9.98 Å². The quantitative estimate of drug-likeness (QED) is 0.558. The molecule has 0 bridgehead atoms. The van der Waals surface area contributed by atoms with E-state index in [0.29, 0.717) is 15.2 Å². The number of thioether (sulfide) groups is 1. The minimum absolute atomic E-state index is 0.164. The van der Waals surface area contributed by atoms with Gasteiger partial charge in [-0.15, -0.1) is 11.3 Å². The molecule has 1 fully saturated rings. The molecule has 0 saturated carbocycles. The van der Waals surface area contributed by atoms with Crippen molar-refractivity contribution in [2.24, 2.45) is 4.99 Å². The summed E-state index contributed by atoms with van der Waals surface area (Å²) in [5.74, 6) is -0.475. The Kier molecular flexibility index (Phi) is 4.87. The number of aliphatic imine (C=N–C) groups is 1. The van der Waals surface area contributed by atoms with Crippen LogP contribution in [-0.2, 0) is 4.79 Å². The smallest absolute Gasteiger partial charge is 0.268 e. The van der Waals surface area contributed by atoms with Crippen LogP contribution in [0.2, 0.25) is 0 Å². The summed E-state index contributed by atoms with van der Waals surface area (Å²) >= 11 is 2.72. The Morgan fingerprint density at radius 3 is 2.52 bits per heavy atom. The molecule has 0 aliphatic carbocycles. The molecule has 2 heterocycles. The number of hydrogen-bond acceptors (Lipinski definition) is 5. The van der Waals surface area contributed by atoms with Crippen molar-refractivity contribution >= 4 is 51.1 Å². The third-order valence-electron chi connectivity index (χ3n) is 3.79. The number of benzene rings is 2. The molecular formula is C20H14FN3OS2. The Labute approximate surface area is 164 Å². The van der Waals surface area contributed by atoms with Crippen molar-refractivity contribution in [2.75, 3.05) is 4.90 Å². The van der Waals surface area contributed by atoms with Gasteiger partial charge in [-0.05, 0) is 54.6 Å². The normalized spacial score (nSPS) is 17.3. The molecule has 27 heavy (non-hydrogen) atoms. The number of aromatic nitrogens is 1. The zero-order valence-electron chi connectivity index (χ0n) is 14.3. The number of carbonyl (C=O) groups is 1. The number of halogens is 1. The topological polar surface area (TPSA) is 45.6 Å². The second-order valence-corrected chi connectivity index (χ2v) is 7.65. The second kappa shape index (κ2) is 7.46.